The van der Waals surface area contributed by atoms with E-state index in [4.69, 9.17) is 33.0 Å². The normalized spacial score (nSPS) is 23.5. The molecular formula is C11H8Cl2O4. The Bertz CT molecular complexity index is 486. The molecule has 1 aromatic carbocycles. The first-order chi connectivity index (χ1) is 7.99. The van der Waals surface area contributed by atoms with Gasteiger partial charge in [-0.25, -0.2) is 0 Å². The maximum absolute atomic E-state index is 11.1. The number of benzene rings is 1. The second-order valence-electron chi connectivity index (χ2n) is 3.73. The summed E-state index contributed by atoms with van der Waals surface area (Å²) in [5, 5.41) is 9.66. The molecule has 1 heterocycles. The van der Waals surface area contributed by atoms with E-state index >= 15 is 0 Å². The first kappa shape index (κ1) is 12.2. The minimum atomic E-state index is -1.06. The van der Waals surface area contributed by atoms with Crippen LogP contribution in [0, 0.1) is 5.92 Å². The van der Waals surface area contributed by atoms with Gasteiger partial charge in [0.2, 0.25) is 0 Å². The van der Waals surface area contributed by atoms with Gasteiger partial charge in [-0.3, -0.25) is 9.59 Å². The Balaban J connectivity index is 2.34. The molecule has 17 heavy (non-hydrogen) atoms. The van der Waals surface area contributed by atoms with Crippen molar-refractivity contribution in [2.75, 3.05) is 0 Å². The number of cyclic esters (lactones) is 1. The highest BCUT2D eigenvalue weighted by molar-refractivity contribution is 6.42. The summed E-state index contributed by atoms with van der Waals surface area (Å²) in [6.07, 6.45) is -0.921. The molecule has 2 atom stereocenters. The Morgan fingerprint density at radius 2 is 2.06 bits per heavy atom. The number of ether oxygens (including phenoxy) is 1. The predicted molar refractivity (Wildman–Crippen MR) is 61.0 cm³/mol. The van der Waals surface area contributed by atoms with Crippen molar-refractivity contribution in [1.82, 2.24) is 0 Å². The highest BCUT2D eigenvalue weighted by atomic mass is 35.5. The third-order valence-electron chi connectivity index (χ3n) is 2.60. The largest absolute Gasteiger partial charge is 0.481 e. The molecule has 0 saturated carbocycles. The summed E-state index contributed by atoms with van der Waals surface area (Å²) < 4.78 is 4.99. The quantitative estimate of drug-likeness (QED) is 0.843. The number of rotatable bonds is 2. The number of carbonyl (C=O) groups excluding carboxylic acids is 1. The number of carbonyl (C=O) groups is 2. The molecule has 0 aliphatic carbocycles. The van der Waals surface area contributed by atoms with Gasteiger partial charge >= 0.3 is 11.9 Å². The molecule has 0 unspecified atom stereocenters. The zero-order chi connectivity index (χ0) is 12.6. The van der Waals surface area contributed by atoms with Crippen molar-refractivity contribution >= 4 is 35.1 Å². The van der Waals surface area contributed by atoms with Crippen molar-refractivity contribution in [2.24, 2.45) is 5.92 Å². The fraction of sp³-hybridized carbons (Fsp3) is 0.273. The Kier molecular flexibility index (Phi) is 3.26. The number of hydrogen-bond acceptors (Lipinski definition) is 3. The number of hydrogen-bond donors (Lipinski definition) is 1. The van der Waals surface area contributed by atoms with Crippen LogP contribution in [-0.2, 0) is 14.3 Å². The molecule has 1 N–H and O–H groups in total. The van der Waals surface area contributed by atoms with E-state index in [9.17, 15) is 9.59 Å². The van der Waals surface area contributed by atoms with Gasteiger partial charge in [0.05, 0.1) is 16.5 Å². The lowest BCUT2D eigenvalue weighted by molar-refractivity contribution is -0.144. The summed E-state index contributed by atoms with van der Waals surface area (Å²) in [7, 11) is 0. The Labute approximate surface area is 107 Å². The van der Waals surface area contributed by atoms with E-state index in [0.29, 0.717) is 15.6 Å². The zero-order valence-electron chi connectivity index (χ0n) is 8.52. The molecule has 0 radical (unpaired) electrons. The summed E-state index contributed by atoms with van der Waals surface area (Å²) in [5.41, 5.74) is 0.539. The average molecular weight is 275 g/mol. The zero-order valence-corrected chi connectivity index (χ0v) is 10.0. The molecule has 1 aliphatic rings. The standard InChI is InChI=1S/C11H8Cl2O4/c12-7-2-1-5(3-8(7)13)10-6(11(15)16)4-9(14)17-10/h1-3,6,10H,4H2,(H,15,16)/t6-,10+/m1/s1. The summed E-state index contributed by atoms with van der Waals surface area (Å²) >= 11 is 11.6. The predicted octanol–water partition coefficient (Wildman–Crippen LogP) is 2.68. The van der Waals surface area contributed by atoms with E-state index in [0.717, 1.165) is 0 Å². The smallest absolute Gasteiger partial charge is 0.311 e. The molecule has 2 rings (SSSR count). The van der Waals surface area contributed by atoms with Crippen LogP contribution in [0.25, 0.3) is 0 Å². The van der Waals surface area contributed by atoms with Crippen molar-refractivity contribution in [2.45, 2.75) is 12.5 Å². The van der Waals surface area contributed by atoms with Gasteiger partial charge in [-0.1, -0.05) is 29.3 Å². The summed E-state index contributed by atoms with van der Waals surface area (Å²) in [4.78, 5) is 22.1. The van der Waals surface area contributed by atoms with Crippen LogP contribution >= 0.6 is 23.2 Å². The molecule has 1 fully saturated rings. The van der Waals surface area contributed by atoms with Crippen LogP contribution in [0.15, 0.2) is 18.2 Å². The third-order valence-corrected chi connectivity index (χ3v) is 3.34. The second-order valence-corrected chi connectivity index (χ2v) is 4.55. The lowest BCUT2D eigenvalue weighted by atomic mass is 9.95. The summed E-state index contributed by atoms with van der Waals surface area (Å²) in [6.45, 7) is 0. The molecule has 1 saturated heterocycles. The molecule has 90 valence electrons. The molecule has 0 amide bonds. The van der Waals surface area contributed by atoms with Crippen LogP contribution < -0.4 is 0 Å². The van der Waals surface area contributed by atoms with Crippen molar-refractivity contribution in [3.63, 3.8) is 0 Å². The van der Waals surface area contributed by atoms with Crippen molar-refractivity contribution < 1.29 is 19.4 Å². The third kappa shape index (κ3) is 2.37. The molecule has 6 heteroatoms. The monoisotopic (exact) mass is 274 g/mol. The first-order valence-electron chi connectivity index (χ1n) is 4.86. The van der Waals surface area contributed by atoms with Gasteiger partial charge in [-0.05, 0) is 17.7 Å². The van der Waals surface area contributed by atoms with E-state index in [2.05, 4.69) is 0 Å². The fourth-order valence-corrected chi connectivity index (χ4v) is 2.07. The number of esters is 1. The van der Waals surface area contributed by atoms with Gasteiger partial charge in [-0.15, -0.1) is 0 Å². The fourth-order valence-electron chi connectivity index (χ4n) is 1.76. The molecule has 4 nitrogen and oxygen atoms in total. The maximum Gasteiger partial charge on any atom is 0.311 e. The van der Waals surface area contributed by atoms with Crippen LogP contribution in [0.5, 0.6) is 0 Å². The van der Waals surface area contributed by atoms with Crippen LogP contribution in [0.4, 0.5) is 0 Å². The molecule has 1 aliphatic heterocycles. The lowest BCUT2D eigenvalue weighted by Crippen LogP contribution is -2.17. The Morgan fingerprint density at radius 1 is 1.35 bits per heavy atom. The van der Waals surface area contributed by atoms with Crippen LogP contribution in [0.1, 0.15) is 18.1 Å². The van der Waals surface area contributed by atoms with Gasteiger partial charge in [0.15, 0.2) is 0 Å². The van der Waals surface area contributed by atoms with Crippen molar-refractivity contribution in [3.8, 4) is 0 Å². The van der Waals surface area contributed by atoms with Gasteiger partial charge in [0, 0.05) is 0 Å². The van der Waals surface area contributed by atoms with Crippen molar-refractivity contribution in [1.29, 1.82) is 0 Å². The van der Waals surface area contributed by atoms with Gasteiger partial charge in [0.25, 0.3) is 0 Å². The topological polar surface area (TPSA) is 63.6 Å². The minimum Gasteiger partial charge on any atom is -0.481 e. The minimum absolute atomic E-state index is 0.125. The van der Waals surface area contributed by atoms with E-state index in [1.807, 2.05) is 0 Å². The average Bonchev–Trinajstić information content (AvgIpc) is 2.64. The second kappa shape index (κ2) is 4.55. The highest BCUT2D eigenvalue weighted by Crippen LogP contribution is 2.37. The van der Waals surface area contributed by atoms with E-state index in [1.165, 1.54) is 6.07 Å². The van der Waals surface area contributed by atoms with Crippen LogP contribution in [0.3, 0.4) is 0 Å². The number of aliphatic carboxylic acids is 1. The molecular weight excluding hydrogens is 267 g/mol. The molecule has 0 spiro atoms. The number of carboxylic acid groups (broad SMARTS) is 1. The molecule has 0 bridgehead atoms. The number of halogens is 2. The Morgan fingerprint density at radius 3 is 2.65 bits per heavy atom. The van der Waals surface area contributed by atoms with E-state index in [-0.39, 0.29) is 6.42 Å². The van der Waals surface area contributed by atoms with E-state index < -0.39 is 24.0 Å². The number of carboxylic acids is 1. The van der Waals surface area contributed by atoms with Crippen molar-refractivity contribution in [3.05, 3.63) is 33.8 Å². The van der Waals surface area contributed by atoms with E-state index in [1.54, 1.807) is 12.1 Å². The summed E-state index contributed by atoms with van der Waals surface area (Å²) in [5.74, 6) is -2.46. The first-order valence-corrected chi connectivity index (χ1v) is 5.62. The van der Waals surface area contributed by atoms with Crippen LogP contribution in [0.2, 0.25) is 10.0 Å². The molecule has 0 aromatic heterocycles. The molecule has 1 aromatic rings. The Hall–Kier alpha value is -1.26. The van der Waals surface area contributed by atoms with Gasteiger partial charge in [-0.2, -0.15) is 0 Å². The summed E-state index contributed by atoms with van der Waals surface area (Å²) in [6, 6.07) is 4.67. The SMILES string of the molecule is O=C1C[C@@H](C(=O)O)[C@H](c2ccc(Cl)c(Cl)c2)O1. The van der Waals surface area contributed by atoms with Crippen LogP contribution in [-0.4, -0.2) is 17.0 Å². The van der Waals surface area contributed by atoms with Gasteiger partial charge in [0.1, 0.15) is 12.0 Å². The van der Waals surface area contributed by atoms with Gasteiger partial charge < -0.3 is 9.84 Å². The highest BCUT2D eigenvalue weighted by Gasteiger charge is 2.40. The lowest BCUT2D eigenvalue weighted by Gasteiger charge is -2.14. The maximum atomic E-state index is 11.1.